The second-order valence-corrected chi connectivity index (χ2v) is 10.6. The average Bonchev–Trinajstić information content (AvgIpc) is 2.98. The summed E-state index contributed by atoms with van der Waals surface area (Å²) in [6.45, 7) is 0. The van der Waals surface area contributed by atoms with Gasteiger partial charge in [0, 0.05) is 22.8 Å². The third kappa shape index (κ3) is 3.49. The third-order valence-electron chi connectivity index (χ3n) is 8.24. The second-order valence-electron chi connectivity index (χ2n) is 10.6. The smallest absolute Gasteiger partial charge is 0.354 e. The fraction of sp³-hybridized carbons (Fsp3) is 0.156. The minimum Gasteiger partial charge on any atom is -0.477 e. The summed E-state index contributed by atoms with van der Waals surface area (Å²) in [5.41, 5.74) is 16.6. The van der Waals surface area contributed by atoms with Crippen LogP contribution in [0.5, 0.6) is 0 Å². The van der Waals surface area contributed by atoms with Gasteiger partial charge >= 0.3 is 5.97 Å². The van der Waals surface area contributed by atoms with E-state index in [0.717, 1.165) is 81.7 Å². The molecule has 8 nitrogen and oxygen atoms in total. The van der Waals surface area contributed by atoms with Gasteiger partial charge in [0.15, 0.2) is 0 Å². The van der Waals surface area contributed by atoms with Crippen molar-refractivity contribution in [3.8, 4) is 22.8 Å². The van der Waals surface area contributed by atoms with Crippen LogP contribution in [0.1, 0.15) is 50.9 Å². The highest BCUT2D eigenvalue weighted by Gasteiger charge is 2.32. The van der Waals surface area contributed by atoms with E-state index in [2.05, 4.69) is 33.5 Å². The molecule has 4 N–H and O–H groups in total. The Labute approximate surface area is 229 Å². The van der Waals surface area contributed by atoms with E-state index in [1.165, 1.54) is 11.1 Å². The quantitative estimate of drug-likeness (QED) is 0.254. The van der Waals surface area contributed by atoms with Crippen molar-refractivity contribution >= 4 is 34.3 Å². The number of carbonyl (C=O) groups is 1. The van der Waals surface area contributed by atoms with E-state index in [-0.39, 0.29) is 11.7 Å². The molecule has 194 valence electrons. The van der Waals surface area contributed by atoms with Gasteiger partial charge < -0.3 is 16.2 Å². The number of aryl methyl sites for hydroxylation is 3. The number of carboxylic acids is 1. The van der Waals surface area contributed by atoms with Crippen LogP contribution in [-0.4, -0.2) is 31.0 Å². The highest BCUT2D eigenvalue weighted by atomic mass is 16.4. The molecule has 0 fully saturated rings. The normalized spacial score (nSPS) is 16.5. The molecule has 4 aromatic heterocycles. The van der Waals surface area contributed by atoms with E-state index >= 15 is 0 Å². The van der Waals surface area contributed by atoms with Crippen LogP contribution >= 0.6 is 0 Å². The Bertz CT molecular complexity index is 1950. The van der Waals surface area contributed by atoms with Gasteiger partial charge in [-0.25, -0.2) is 19.7 Å². The number of nitrogens with two attached hydrogens (primary N) is 1. The van der Waals surface area contributed by atoms with Crippen molar-refractivity contribution in [3.05, 3.63) is 100 Å². The van der Waals surface area contributed by atoms with Crippen molar-refractivity contribution in [1.29, 1.82) is 0 Å². The number of rotatable bonds is 2. The molecule has 0 spiro atoms. The summed E-state index contributed by atoms with van der Waals surface area (Å²) in [6.07, 6.45) is 7.60. The van der Waals surface area contributed by atoms with Gasteiger partial charge in [-0.05, 0) is 89.7 Å². The molecule has 40 heavy (non-hydrogen) atoms. The van der Waals surface area contributed by atoms with E-state index in [0.29, 0.717) is 11.4 Å². The molecule has 1 aliphatic heterocycles. The Morgan fingerprint density at radius 3 is 2.60 bits per heavy atom. The maximum absolute atomic E-state index is 11.6. The molecule has 0 saturated heterocycles. The molecule has 5 heterocycles. The highest BCUT2D eigenvalue weighted by molar-refractivity contribution is 5.94. The summed E-state index contributed by atoms with van der Waals surface area (Å²) in [5.74, 6) is -0.272. The number of fused-ring (bicyclic) bond motifs is 8. The molecule has 2 aliphatic carbocycles. The van der Waals surface area contributed by atoms with E-state index < -0.39 is 5.97 Å². The molecule has 0 amide bonds. The number of hydrogen-bond donors (Lipinski definition) is 3. The highest BCUT2D eigenvalue weighted by Crippen LogP contribution is 2.43. The maximum Gasteiger partial charge on any atom is 0.354 e. The van der Waals surface area contributed by atoms with Crippen molar-refractivity contribution < 1.29 is 9.90 Å². The number of pyridine rings is 4. The molecular weight excluding hydrogens is 500 g/mol. The van der Waals surface area contributed by atoms with Crippen LogP contribution in [0.15, 0.2) is 66.4 Å². The zero-order chi connectivity index (χ0) is 27.0. The van der Waals surface area contributed by atoms with Gasteiger partial charge in [0.05, 0.1) is 34.5 Å². The summed E-state index contributed by atoms with van der Waals surface area (Å²) in [5, 5.41) is 15.1. The molecule has 8 heteroatoms. The van der Waals surface area contributed by atoms with Crippen LogP contribution in [0.4, 0.5) is 11.5 Å². The first-order valence-electron chi connectivity index (χ1n) is 13.4. The predicted octanol–water partition coefficient (Wildman–Crippen LogP) is 5.63. The van der Waals surface area contributed by atoms with E-state index in [1.807, 2.05) is 42.6 Å². The van der Waals surface area contributed by atoms with Gasteiger partial charge in [-0.1, -0.05) is 24.3 Å². The first kappa shape index (κ1) is 22.8. The van der Waals surface area contributed by atoms with Crippen LogP contribution in [0.3, 0.4) is 0 Å². The first-order valence-corrected chi connectivity index (χ1v) is 13.4. The van der Waals surface area contributed by atoms with Crippen molar-refractivity contribution in [2.75, 3.05) is 11.1 Å². The third-order valence-corrected chi connectivity index (χ3v) is 8.24. The summed E-state index contributed by atoms with van der Waals surface area (Å²) >= 11 is 0. The molecule has 0 saturated carbocycles. The fourth-order valence-corrected chi connectivity index (χ4v) is 6.17. The second kappa shape index (κ2) is 8.44. The Morgan fingerprint density at radius 2 is 1.70 bits per heavy atom. The van der Waals surface area contributed by atoms with E-state index in [4.69, 9.17) is 15.7 Å². The number of anilines is 2. The van der Waals surface area contributed by atoms with Crippen LogP contribution in [0.25, 0.3) is 39.6 Å². The fourth-order valence-electron chi connectivity index (χ4n) is 6.17. The Morgan fingerprint density at radius 1 is 0.875 bits per heavy atom. The van der Waals surface area contributed by atoms with Crippen LogP contribution in [0.2, 0.25) is 0 Å². The van der Waals surface area contributed by atoms with Gasteiger partial charge in [-0.15, -0.1) is 0 Å². The zero-order valence-corrected chi connectivity index (χ0v) is 21.5. The lowest BCUT2D eigenvalue weighted by Crippen LogP contribution is -2.25. The van der Waals surface area contributed by atoms with Crippen molar-refractivity contribution in [3.63, 3.8) is 0 Å². The molecular formula is C32H24N6O2. The molecule has 3 aliphatic rings. The van der Waals surface area contributed by atoms with Crippen LogP contribution in [0, 0.1) is 0 Å². The summed E-state index contributed by atoms with van der Waals surface area (Å²) in [6, 6.07) is 17.6. The van der Waals surface area contributed by atoms with Gasteiger partial charge in [0.25, 0.3) is 0 Å². The molecule has 0 radical (unpaired) electrons. The molecule has 1 atom stereocenters. The maximum atomic E-state index is 11.6. The number of hydrogen-bond acceptors (Lipinski definition) is 7. The number of nitrogens with zero attached hydrogens (tertiary/aromatic N) is 4. The van der Waals surface area contributed by atoms with Gasteiger partial charge in [0.2, 0.25) is 0 Å². The largest absolute Gasteiger partial charge is 0.477 e. The molecule has 8 rings (SSSR count). The van der Waals surface area contributed by atoms with E-state index in [1.54, 1.807) is 6.07 Å². The van der Waals surface area contributed by atoms with Gasteiger partial charge in [0.1, 0.15) is 11.5 Å². The summed E-state index contributed by atoms with van der Waals surface area (Å²) < 4.78 is 0. The monoisotopic (exact) mass is 524 g/mol. The van der Waals surface area contributed by atoms with Gasteiger partial charge in [-0.2, -0.15) is 0 Å². The summed E-state index contributed by atoms with van der Waals surface area (Å²) in [7, 11) is 0. The number of nitrogen functional groups attached to an aromatic ring is 1. The number of aromatic carboxylic acids is 1. The lowest BCUT2D eigenvalue weighted by Gasteiger charge is -2.33. The van der Waals surface area contributed by atoms with Crippen molar-refractivity contribution in [1.82, 2.24) is 19.9 Å². The van der Waals surface area contributed by atoms with E-state index in [9.17, 15) is 9.90 Å². The van der Waals surface area contributed by atoms with Gasteiger partial charge in [-0.3, -0.25) is 4.98 Å². The topological polar surface area (TPSA) is 127 Å². The van der Waals surface area contributed by atoms with Crippen molar-refractivity contribution in [2.45, 2.75) is 31.7 Å². The molecule has 5 aromatic rings. The number of carboxylic acid groups (broad SMARTS) is 1. The molecule has 1 aromatic carbocycles. The lowest BCUT2D eigenvalue weighted by molar-refractivity contribution is 0.0690. The lowest BCUT2D eigenvalue weighted by atomic mass is 9.83. The summed E-state index contributed by atoms with van der Waals surface area (Å²) in [4.78, 5) is 30.9. The minimum atomic E-state index is -1.04. The number of benzene rings is 1. The first-order chi connectivity index (χ1) is 19.5. The van der Waals surface area contributed by atoms with Crippen LogP contribution < -0.4 is 11.1 Å². The molecule has 0 bridgehead atoms. The Hall–Kier alpha value is -5.11. The average molecular weight is 525 g/mol. The minimum absolute atomic E-state index is 0.0317. The Kier molecular flexibility index (Phi) is 4.82. The number of aromatic nitrogens is 4. The molecule has 1 unspecified atom stereocenters. The zero-order valence-electron chi connectivity index (χ0n) is 21.5. The van der Waals surface area contributed by atoms with Crippen LogP contribution in [-0.2, 0) is 19.3 Å². The Balaban J connectivity index is 1.20. The standard InChI is InChI=1S/C32H24N6O2/c33-23-3-1-2-18-14-26(34-15-22(18)23)24-10-8-16-4-6-19-12-21-13-20-7-5-17-9-11-25(32(39)40)36-28(17)30(20)38-31(21)37-29(19)27(16)35-24/h1-3,8-15,29H,4-7,33H2,(H,37,38)(H,39,40). The van der Waals surface area contributed by atoms with Crippen molar-refractivity contribution in [2.24, 2.45) is 0 Å². The SMILES string of the molecule is Nc1cccc2cc(-c3ccc4c(n3)C3Nc5nc6c(cc5C=C3CC4)CCc3ccc(C(=O)O)nc3-6)ncc12. The number of nitrogens with one attached hydrogen (secondary N) is 1. The predicted molar refractivity (Wildman–Crippen MR) is 154 cm³/mol.